The van der Waals surface area contributed by atoms with E-state index < -0.39 is 12.2 Å². The van der Waals surface area contributed by atoms with E-state index in [0.717, 1.165) is 80.2 Å². The lowest BCUT2D eigenvalue weighted by atomic mass is 9.70. The Bertz CT molecular complexity index is 1250. The van der Waals surface area contributed by atoms with Gasteiger partial charge in [-0.3, -0.25) is 4.79 Å². The molecule has 0 aromatic heterocycles. The molecule has 5 rings (SSSR count). The van der Waals surface area contributed by atoms with Crippen LogP contribution in [0.2, 0.25) is 5.02 Å². The first kappa shape index (κ1) is 29.9. The molecular formula is C34H45ClN2O4. The molecule has 6 unspecified atom stereocenters. The molecular weight excluding hydrogens is 536 g/mol. The van der Waals surface area contributed by atoms with Crippen LogP contribution in [0.25, 0.3) is 0 Å². The number of ether oxygens (including phenoxy) is 1. The van der Waals surface area contributed by atoms with Gasteiger partial charge in [-0.1, -0.05) is 49.2 Å². The fourth-order valence-electron chi connectivity index (χ4n) is 6.76. The van der Waals surface area contributed by atoms with Crippen molar-refractivity contribution < 1.29 is 19.7 Å². The van der Waals surface area contributed by atoms with Gasteiger partial charge >= 0.3 is 0 Å². The summed E-state index contributed by atoms with van der Waals surface area (Å²) in [4.78, 5) is 16.0. The molecule has 2 fully saturated rings. The summed E-state index contributed by atoms with van der Waals surface area (Å²) < 4.78 is 6.42. The smallest absolute Gasteiger partial charge is 0.219 e. The predicted octanol–water partition coefficient (Wildman–Crippen LogP) is 6.28. The highest BCUT2D eigenvalue weighted by atomic mass is 35.5. The zero-order valence-corrected chi connectivity index (χ0v) is 25.4. The van der Waals surface area contributed by atoms with Crippen LogP contribution in [0.5, 0.6) is 5.75 Å². The van der Waals surface area contributed by atoms with Crippen molar-refractivity contribution in [2.24, 2.45) is 11.8 Å². The van der Waals surface area contributed by atoms with Crippen LogP contribution in [0, 0.1) is 11.8 Å². The monoisotopic (exact) mass is 580 g/mol. The average Bonchev–Trinajstić information content (AvgIpc) is 3.07. The highest BCUT2D eigenvalue weighted by Crippen LogP contribution is 2.43. The van der Waals surface area contributed by atoms with Crippen molar-refractivity contribution in [3.63, 3.8) is 0 Å². The van der Waals surface area contributed by atoms with Crippen molar-refractivity contribution in [1.29, 1.82) is 0 Å². The molecule has 1 amide bonds. The van der Waals surface area contributed by atoms with Crippen molar-refractivity contribution in [1.82, 2.24) is 4.90 Å². The summed E-state index contributed by atoms with van der Waals surface area (Å²) in [6.07, 6.45) is 8.90. The van der Waals surface area contributed by atoms with Crippen LogP contribution in [-0.4, -0.2) is 59.4 Å². The minimum atomic E-state index is -0.563. The lowest BCUT2D eigenvalue weighted by Crippen LogP contribution is -2.49. The molecule has 3 aliphatic rings. The van der Waals surface area contributed by atoms with E-state index >= 15 is 0 Å². The molecule has 2 aromatic rings. The second-order valence-electron chi connectivity index (χ2n) is 12.2. The Labute approximate surface area is 249 Å². The van der Waals surface area contributed by atoms with Crippen molar-refractivity contribution in [3.8, 4) is 5.75 Å². The Balaban J connectivity index is 1.34. The van der Waals surface area contributed by atoms with E-state index in [9.17, 15) is 15.0 Å². The quantitative estimate of drug-likeness (QED) is 0.323. The van der Waals surface area contributed by atoms with Gasteiger partial charge in [0.05, 0.1) is 24.5 Å². The van der Waals surface area contributed by atoms with Crippen LogP contribution in [0.15, 0.2) is 48.6 Å². The van der Waals surface area contributed by atoms with E-state index in [-0.39, 0.29) is 23.8 Å². The Morgan fingerprint density at radius 1 is 1.17 bits per heavy atom. The summed E-state index contributed by atoms with van der Waals surface area (Å²) >= 11 is 6.39. The van der Waals surface area contributed by atoms with Gasteiger partial charge in [-0.25, -0.2) is 0 Å². The number of aryl methyl sites for hydroxylation is 1. The van der Waals surface area contributed by atoms with Crippen molar-refractivity contribution in [2.45, 2.75) is 83.5 Å². The number of nitrogens with zero attached hydrogens (tertiary/aromatic N) is 2. The van der Waals surface area contributed by atoms with Crippen LogP contribution >= 0.6 is 11.6 Å². The summed E-state index contributed by atoms with van der Waals surface area (Å²) in [6, 6.07) is 12.5. The highest BCUT2D eigenvalue weighted by Gasteiger charge is 2.38. The molecule has 1 aliphatic carbocycles. The molecule has 0 radical (unpaired) electrons. The molecule has 0 spiro atoms. The Morgan fingerprint density at radius 2 is 2.00 bits per heavy atom. The maximum absolute atomic E-state index is 11.7. The summed E-state index contributed by atoms with van der Waals surface area (Å²) in [5.41, 5.74) is 4.45. The maximum atomic E-state index is 11.7. The van der Waals surface area contributed by atoms with Crippen LogP contribution in [0.3, 0.4) is 0 Å². The van der Waals surface area contributed by atoms with Gasteiger partial charge in [-0.2, -0.15) is 0 Å². The molecule has 1 saturated carbocycles. The molecule has 1 saturated heterocycles. The second kappa shape index (κ2) is 13.2. The summed E-state index contributed by atoms with van der Waals surface area (Å²) in [5.74, 6) is 1.71. The molecule has 2 aromatic carbocycles. The molecule has 2 aliphatic heterocycles. The third-order valence-electron chi connectivity index (χ3n) is 9.41. The van der Waals surface area contributed by atoms with E-state index in [0.29, 0.717) is 12.5 Å². The average molecular weight is 581 g/mol. The van der Waals surface area contributed by atoms with E-state index in [2.05, 4.69) is 36.1 Å². The Kier molecular flexibility index (Phi) is 9.63. The molecule has 41 heavy (non-hydrogen) atoms. The lowest BCUT2D eigenvalue weighted by Gasteiger charge is -2.43. The number of hydrogen-bond acceptors (Lipinski definition) is 5. The van der Waals surface area contributed by atoms with Gasteiger partial charge in [0.15, 0.2) is 0 Å². The molecule has 2 heterocycles. The minimum absolute atomic E-state index is 0.133. The number of halogens is 1. The molecule has 2 N–H and O–H groups in total. The number of likely N-dealkylation sites (tertiary alicyclic amines) is 1. The number of carbonyl (C=O) groups is 1. The zero-order valence-electron chi connectivity index (χ0n) is 24.6. The maximum Gasteiger partial charge on any atom is 0.219 e. The Hall–Kier alpha value is -2.54. The normalized spacial score (nSPS) is 25.5. The Morgan fingerprint density at radius 3 is 2.66 bits per heavy atom. The lowest BCUT2D eigenvalue weighted by molar-refractivity contribution is -0.136. The van der Waals surface area contributed by atoms with Gasteiger partial charge in [0.1, 0.15) is 5.75 Å². The number of aliphatic hydroxyl groups is 2. The van der Waals surface area contributed by atoms with Crippen LogP contribution in [0.4, 0.5) is 5.69 Å². The van der Waals surface area contributed by atoms with Gasteiger partial charge in [0, 0.05) is 43.5 Å². The molecule has 222 valence electrons. The minimum Gasteiger partial charge on any atom is -0.491 e. The van der Waals surface area contributed by atoms with Crippen LogP contribution < -0.4 is 9.64 Å². The summed E-state index contributed by atoms with van der Waals surface area (Å²) in [7, 11) is 0. The van der Waals surface area contributed by atoms with Gasteiger partial charge in [-0.15, -0.1) is 0 Å². The molecule has 0 bridgehead atoms. The van der Waals surface area contributed by atoms with Crippen LogP contribution in [0.1, 0.15) is 81.6 Å². The number of hydrogen-bond donors (Lipinski definition) is 2. The number of carbonyl (C=O) groups excluding carboxylic acids is 1. The van der Waals surface area contributed by atoms with Crippen molar-refractivity contribution in [3.05, 3.63) is 70.3 Å². The number of amides is 1. The van der Waals surface area contributed by atoms with Gasteiger partial charge in [-0.05, 0) is 91.8 Å². The topological polar surface area (TPSA) is 73.2 Å². The first-order valence-corrected chi connectivity index (χ1v) is 15.7. The number of aliphatic hydroxyl groups excluding tert-OH is 2. The van der Waals surface area contributed by atoms with Gasteiger partial charge < -0.3 is 24.7 Å². The first-order chi connectivity index (χ1) is 19.7. The van der Waals surface area contributed by atoms with Gasteiger partial charge in [0.2, 0.25) is 5.91 Å². The van der Waals surface area contributed by atoms with E-state index in [1.807, 2.05) is 29.2 Å². The molecule has 7 heteroatoms. The van der Waals surface area contributed by atoms with E-state index in [1.165, 1.54) is 11.1 Å². The van der Waals surface area contributed by atoms with Crippen molar-refractivity contribution >= 4 is 23.2 Å². The molecule has 6 atom stereocenters. The second-order valence-corrected chi connectivity index (χ2v) is 12.7. The number of anilines is 1. The van der Waals surface area contributed by atoms with Crippen LogP contribution in [-0.2, 0) is 11.2 Å². The predicted molar refractivity (Wildman–Crippen MR) is 165 cm³/mol. The fraction of sp³-hybridized carbons (Fsp3) is 0.559. The standard InChI is InChI=1S/C34H45ClN2O4/c1-4-6-25-17-28(35)11-13-30(25)27-20-36(32-18-24(22(2)38)10-14-34(32)41-21-27)19-26-9-12-31(26)33(40)8-5-7-29-15-16-37(29)23(3)39/h5,8,10-11,13-14,17-18,22,26-27,29,31,33,38,40H,4,6-7,9,12,15-16,19-21H2,1-3H3/b8-5+. The fourth-order valence-corrected chi connectivity index (χ4v) is 6.96. The SMILES string of the molecule is CCCc1cc(Cl)ccc1C1COc2ccc(C(C)O)cc2N(CC2CCC2C(O)/C=C/CC2CCN2C(C)=O)C1. The third kappa shape index (κ3) is 6.76. The van der Waals surface area contributed by atoms with E-state index in [1.54, 1.807) is 13.8 Å². The zero-order chi connectivity index (χ0) is 29.1. The third-order valence-corrected chi connectivity index (χ3v) is 9.65. The van der Waals surface area contributed by atoms with Crippen molar-refractivity contribution in [2.75, 3.05) is 31.1 Å². The number of fused-ring (bicyclic) bond motifs is 1. The first-order valence-electron chi connectivity index (χ1n) is 15.3. The highest BCUT2D eigenvalue weighted by molar-refractivity contribution is 6.30. The number of benzene rings is 2. The largest absolute Gasteiger partial charge is 0.491 e. The number of rotatable bonds is 10. The summed E-state index contributed by atoms with van der Waals surface area (Å²) in [6.45, 7) is 8.65. The van der Waals surface area contributed by atoms with Gasteiger partial charge in [0.25, 0.3) is 0 Å². The molecule has 6 nitrogen and oxygen atoms in total. The van der Waals surface area contributed by atoms with E-state index in [4.69, 9.17) is 16.3 Å². The summed E-state index contributed by atoms with van der Waals surface area (Å²) in [5, 5.41) is 22.2.